The molecule has 0 saturated carbocycles. The van der Waals surface area contributed by atoms with Crippen molar-refractivity contribution in [3.8, 4) is 28.3 Å². The minimum absolute atomic E-state index is 0.570. The van der Waals surface area contributed by atoms with Gasteiger partial charge in [0.1, 0.15) is 11.4 Å². The minimum atomic E-state index is 0.570. The quantitative estimate of drug-likeness (QED) is 0.698. The zero-order chi connectivity index (χ0) is 16.2. The topological polar surface area (TPSA) is 83.0 Å². The number of aromatic nitrogens is 1. The van der Waals surface area contributed by atoms with Gasteiger partial charge in [0.05, 0.1) is 12.7 Å². The van der Waals surface area contributed by atoms with E-state index in [1.54, 1.807) is 19.2 Å². The number of nitrogens with one attached hydrogen (secondary N) is 2. The van der Waals surface area contributed by atoms with Crippen LogP contribution in [0.3, 0.4) is 0 Å². The van der Waals surface area contributed by atoms with Crippen molar-refractivity contribution in [2.75, 3.05) is 7.11 Å². The summed E-state index contributed by atoms with van der Waals surface area (Å²) >= 11 is 0. The molecule has 0 unspecified atom stereocenters. The molecule has 2 aromatic carbocycles. The largest absolute Gasteiger partial charge is 0.496 e. The Bertz CT molecular complexity index is 868. The van der Waals surface area contributed by atoms with Crippen molar-refractivity contribution in [1.29, 1.82) is 10.8 Å². The monoisotopic (exact) mass is 305 g/mol. The van der Waals surface area contributed by atoms with Crippen LogP contribution in [0.15, 0.2) is 53.1 Å². The summed E-state index contributed by atoms with van der Waals surface area (Å²) < 4.78 is 10.8. The first-order valence-corrected chi connectivity index (χ1v) is 7.01. The molecule has 0 aliphatic carbocycles. The molecule has 3 rings (SSSR count). The van der Waals surface area contributed by atoms with Crippen molar-refractivity contribution in [1.82, 2.24) is 5.16 Å². The zero-order valence-electron chi connectivity index (χ0n) is 12.5. The lowest BCUT2D eigenvalue weighted by atomic mass is 10.1. The summed E-state index contributed by atoms with van der Waals surface area (Å²) in [6.45, 7) is 0. The number of methoxy groups -OCH3 is 1. The average Bonchev–Trinajstić information content (AvgIpc) is 3.11. The number of hydrogen-bond donors (Lipinski definition) is 2. The smallest absolute Gasteiger partial charge is 0.171 e. The highest BCUT2D eigenvalue weighted by atomic mass is 16.5. The van der Waals surface area contributed by atoms with Gasteiger partial charge in [0.2, 0.25) is 0 Å². The van der Waals surface area contributed by atoms with Crippen LogP contribution in [0, 0.1) is 10.8 Å². The molecule has 0 bridgehead atoms. The van der Waals surface area contributed by atoms with Gasteiger partial charge in [-0.1, -0.05) is 23.4 Å². The summed E-state index contributed by atoms with van der Waals surface area (Å²) in [6, 6.07) is 14.8. The fourth-order valence-corrected chi connectivity index (χ4v) is 2.33. The first-order valence-electron chi connectivity index (χ1n) is 7.01. The fourth-order valence-electron chi connectivity index (χ4n) is 2.33. The molecule has 0 atom stereocenters. The maximum atomic E-state index is 7.38. The molecule has 1 aromatic heterocycles. The number of rotatable bonds is 5. The van der Waals surface area contributed by atoms with Crippen LogP contribution < -0.4 is 4.74 Å². The van der Waals surface area contributed by atoms with E-state index in [2.05, 4.69) is 5.16 Å². The van der Waals surface area contributed by atoms with Crippen LogP contribution in [-0.4, -0.2) is 24.7 Å². The molecule has 23 heavy (non-hydrogen) atoms. The van der Waals surface area contributed by atoms with Crippen molar-refractivity contribution in [3.63, 3.8) is 0 Å². The molecule has 2 N–H and O–H groups in total. The Labute approximate surface area is 133 Å². The molecule has 0 aliphatic rings. The van der Waals surface area contributed by atoms with E-state index in [9.17, 15) is 0 Å². The van der Waals surface area contributed by atoms with Gasteiger partial charge in [-0.15, -0.1) is 0 Å². The summed E-state index contributed by atoms with van der Waals surface area (Å²) in [5, 5.41) is 18.8. The van der Waals surface area contributed by atoms with Crippen molar-refractivity contribution in [2.45, 2.75) is 0 Å². The van der Waals surface area contributed by atoms with E-state index >= 15 is 0 Å². The molecule has 0 radical (unpaired) electrons. The van der Waals surface area contributed by atoms with Crippen LogP contribution in [-0.2, 0) is 0 Å². The van der Waals surface area contributed by atoms with Crippen LogP contribution in [0.4, 0.5) is 0 Å². The second-order valence-electron chi connectivity index (χ2n) is 4.95. The first-order chi connectivity index (χ1) is 11.2. The lowest BCUT2D eigenvalue weighted by molar-refractivity contribution is 0.407. The van der Waals surface area contributed by atoms with Gasteiger partial charge >= 0.3 is 0 Å². The standard InChI is InChI=1S/C18H15N3O2/c1-22-17-6-5-13(11-20)8-15(17)18-9-16(21-23-18)14-4-2-3-12(7-14)10-19/h2-11,19-20H,1H3. The van der Waals surface area contributed by atoms with E-state index < -0.39 is 0 Å². The van der Waals surface area contributed by atoms with Crippen LogP contribution in [0.2, 0.25) is 0 Å². The second kappa shape index (κ2) is 6.27. The van der Waals surface area contributed by atoms with E-state index in [1.165, 1.54) is 12.4 Å². The first kappa shape index (κ1) is 14.7. The number of hydrogen-bond acceptors (Lipinski definition) is 5. The van der Waals surface area contributed by atoms with Gasteiger partial charge in [-0.05, 0) is 35.4 Å². The van der Waals surface area contributed by atoms with E-state index in [0.29, 0.717) is 17.2 Å². The third-order valence-corrected chi connectivity index (χ3v) is 3.51. The van der Waals surface area contributed by atoms with Crippen molar-refractivity contribution < 1.29 is 9.26 Å². The lowest BCUT2D eigenvalue weighted by Gasteiger charge is -2.06. The van der Waals surface area contributed by atoms with Gasteiger partial charge < -0.3 is 20.1 Å². The van der Waals surface area contributed by atoms with Crippen molar-refractivity contribution in [2.24, 2.45) is 0 Å². The number of ether oxygens (including phenoxy) is 1. The maximum absolute atomic E-state index is 7.38. The lowest BCUT2D eigenvalue weighted by Crippen LogP contribution is -1.89. The van der Waals surface area contributed by atoms with Gasteiger partial charge in [0.15, 0.2) is 5.76 Å². The Morgan fingerprint density at radius 1 is 1.00 bits per heavy atom. The molecule has 1 heterocycles. The van der Waals surface area contributed by atoms with Crippen LogP contribution >= 0.6 is 0 Å². The average molecular weight is 305 g/mol. The minimum Gasteiger partial charge on any atom is -0.496 e. The molecule has 0 saturated heterocycles. The summed E-state index contributed by atoms with van der Waals surface area (Å²) in [5.41, 5.74) is 3.87. The Balaban J connectivity index is 2.05. The number of benzene rings is 2. The third kappa shape index (κ3) is 2.89. The highest BCUT2D eigenvalue weighted by Crippen LogP contribution is 2.33. The Morgan fingerprint density at radius 2 is 1.78 bits per heavy atom. The predicted molar refractivity (Wildman–Crippen MR) is 89.7 cm³/mol. The Kier molecular flexibility index (Phi) is 4.01. The van der Waals surface area contributed by atoms with E-state index in [-0.39, 0.29) is 0 Å². The van der Waals surface area contributed by atoms with Crippen LogP contribution in [0.5, 0.6) is 5.75 Å². The molecule has 3 aromatic rings. The summed E-state index contributed by atoms with van der Waals surface area (Å²) in [7, 11) is 1.59. The Morgan fingerprint density at radius 3 is 2.52 bits per heavy atom. The molecule has 0 amide bonds. The summed E-state index contributed by atoms with van der Waals surface area (Å²) in [4.78, 5) is 0. The van der Waals surface area contributed by atoms with Gasteiger partial charge in [0, 0.05) is 24.1 Å². The summed E-state index contributed by atoms with van der Waals surface area (Å²) in [5.74, 6) is 1.23. The van der Waals surface area contributed by atoms with E-state index in [4.69, 9.17) is 20.1 Å². The fraction of sp³-hybridized carbons (Fsp3) is 0.0556. The van der Waals surface area contributed by atoms with Crippen LogP contribution in [0.1, 0.15) is 11.1 Å². The molecule has 5 nitrogen and oxygen atoms in total. The molecule has 114 valence electrons. The van der Waals surface area contributed by atoms with Crippen LogP contribution in [0.25, 0.3) is 22.6 Å². The van der Waals surface area contributed by atoms with Gasteiger partial charge in [-0.25, -0.2) is 0 Å². The normalized spacial score (nSPS) is 10.3. The third-order valence-electron chi connectivity index (χ3n) is 3.51. The second-order valence-corrected chi connectivity index (χ2v) is 4.95. The Hall–Kier alpha value is -3.21. The zero-order valence-corrected chi connectivity index (χ0v) is 12.5. The van der Waals surface area contributed by atoms with Gasteiger partial charge in [-0.3, -0.25) is 0 Å². The molecule has 0 spiro atoms. The van der Waals surface area contributed by atoms with Gasteiger partial charge in [0.25, 0.3) is 0 Å². The van der Waals surface area contributed by atoms with E-state index in [0.717, 1.165) is 22.3 Å². The molecule has 5 heteroatoms. The highest BCUT2D eigenvalue weighted by molar-refractivity contribution is 5.83. The summed E-state index contributed by atoms with van der Waals surface area (Å²) in [6.07, 6.45) is 2.56. The number of nitrogens with zero attached hydrogens (tertiary/aromatic N) is 1. The highest BCUT2D eigenvalue weighted by Gasteiger charge is 2.13. The molecule has 0 fully saturated rings. The van der Waals surface area contributed by atoms with Gasteiger partial charge in [-0.2, -0.15) is 0 Å². The van der Waals surface area contributed by atoms with Crippen molar-refractivity contribution >= 4 is 12.4 Å². The predicted octanol–water partition coefficient (Wildman–Crippen LogP) is 4.01. The molecular weight excluding hydrogens is 290 g/mol. The SMILES string of the molecule is COc1ccc(C=N)cc1-c1cc(-c2cccc(C=N)c2)no1. The van der Waals surface area contributed by atoms with E-state index in [1.807, 2.05) is 36.4 Å². The molecular formula is C18H15N3O2. The molecule has 0 aliphatic heterocycles. The van der Waals surface area contributed by atoms with Crippen molar-refractivity contribution in [3.05, 3.63) is 59.7 Å². The maximum Gasteiger partial charge on any atom is 0.171 e.